The predicted octanol–water partition coefficient (Wildman–Crippen LogP) is 0.291. The van der Waals surface area contributed by atoms with Crippen molar-refractivity contribution in [3.63, 3.8) is 0 Å². The van der Waals surface area contributed by atoms with Gasteiger partial charge < -0.3 is 19.5 Å². The number of H-pyrrole nitrogens is 1. The van der Waals surface area contributed by atoms with Crippen LogP contribution in [0.3, 0.4) is 0 Å². The van der Waals surface area contributed by atoms with Crippen molar-refractivity contribution < 1.29 is 9.53 Å². The molecule has 0 saturated carbocycles. The minimum absolute atomic E-state index is 0. The van der Waals surface area contributed by atoms with Gasteiger partial charge >= 0.3 is 5.69 Å². The van der Waals surface area contributed by atoms with Crippen LogP contribution in [0.5, 0.6) is 5.75 Å². The van der Waals surface area contributed by atoms with Gasteiger partial charge in [-0.1, -0.05) is 18.2 Å². The Kier molecular flexibility index (Phi) is 6.23. The molecule has 3 rings (SSSR count). The number of rotatable bonds is 3. The van der Waals surface area contributed by atoms with Gasteiger partial charge in [-0.2, -0.15) is 0 Å². The Labute approximate surface area is 156 Å². The van der Waals surface area contributed by atoms with Crippen LogP contribution >= 0.6 is 12.4 Å². The number of aryl methyl sites for hydroxylation is 1. The second kappa shape index (κ2) is 8.20. The van der Waals surface area contributed by atoms with Gasteiger partial charge in [0.1, 0.15) is 11.3 Å². The fourth-order valence-corrected chi connectivity index (χ4v) is 3.04. The molecule has 1 unspecified atom stereocenters. The van der Waals surface area contributed by atoms with Gasteiger partial charge in [-0.15, -0.1) is 12.4 Å². The molecule has 1 aliphatic rings. The summed E-state index contributed by atoms with van der Waals surface area (Å²) in [7, 11) is 3.07. The maximum absolute atomic E-state index is 13.0. The van der Waals surface area contributed by atoms with E-state index in [1.165, 1.54) is 17.8 Å². The van der Waals surface area contributed by atoms with Crippen LogP contribution < -0.4 is 21.3 Å². The van der Waals surface area contributed by atoms with Crippen molar-refractivity contribution in [2.24, 2.45) is 7.05 Å². The first-order chi connectivity index (χ1) is 12.0. The smallest absolute Gasteiger partial charge is 0.328 e. The topological polar surface area (TPSA) is 96.4 Å². The van der Waals surface area contributed by atoms with Crippen LogP contribution in [0.15, 0.2) is 40.1 Å². The first-order valence-electron chi connectivity index (χ1n) is 7.97. The minimum atomic E-state index is -0.676. The van der Waals surface area contributed by atoms with Crippen LogP contribution in [-0.4, -0.2) is 47.1 Å². The zero-order valence-electron chi connectivity index (χ0n) is 14.5. The van der Waals surface area contributed by atoms with Crippen LogP contribution in [0.2, 0.25) is 0 Å². The van der Waals surface area contributed by atoms with Crippen LogP contribution in [0.4, 0.5) is 0 Å². The first kappa shape index (κ1) is 19.7. The van der Waals surface area contributed by atoms with Gasteiger partial charge in [0.2, 0.25) is 0 Å². The molecule has 1 aliphatic heterocycles. The van der Waals surface area contributed by atoms with Gasteiger partial charge in [0, 0.05) is 38.4 Å². The highest BCUT2D eigenvalue weighted by Crippen LogP contribution is 2.30. The number of hydrogen-bond donors (Lipinski definition) is 2. The number of benzene rings is 1. The molecule has 0 radical (unpaired) electrons. The molecule has 0 bridgehead atoms. The summed E-state index contributed by atoms with van der Waals surface area (Å²) in [5.74, 6) is 0.276. The lowest BCUT2D eigenvalue weighted by molar-refractivity contribution is 0.0628. The Hall–Kier alpha value is -2.58. The SMILES string of the molecule is COc1ccccc1C1CNCCN1C(=O)c1cn(C)c(=O)[nH]c1=O.Cl. The molecular formula is C17H21ClN4O4. The van der Waals surface area contributed by atoms with E-state index in [4.69, 9.17) is 4.74 Å². The normalized spacial score (nSPS) is 16.7. The molecule has 2 heterocycles. The Morgan fingerprint density at radius 3 is 2.73 bits per heavy atom. The minimum Gasteiger partial charge on any atom is -0.496 e. The Balaban J connectivity index is 0.00000243. The van der Waals surface area contributed by atoms with Gasteiger partial charge in [0.25, 0.3) is 11.5 Å². The van der Waals surface area contributed by atoms with E-state index < -0.39 is 17.2 Å². The molecule has 1 aromatic heterocycles. The van der Waals surface area contributed by atoms with Crippen LogP contribution in [0.25, 0.3) is 0 Å². The summed E-state index contributed by atoms with van der Waals surface area (Å²) in [6.07, 6.45) is 1.28. The number of piperazine rings is 1. The second-order valence-electron chi connectivity index (χ2n) is 5.87. The van der Waals surface area contributed by atoms with E-state index in [0.29, 0.717) is 25.4 Å². The number of hydrogen-bond acceptors (Lipinski definition) is 5. The monoisotopic (exact) mass is 380 g/mol. The summed E-state index contributed by atoms with van der Waals surface area (Å²) in [5.41, 5.74) is -0.413. The quantitative estimate of drug-likeness (QED) is 0.798. The number of nitrogens with one attached hydrogen (secondary N) is 2. The largest absolute Gasteiger partial charge is 0.496 e. The van der Waals surface area contributed by atoms with Crippen molar-refractivity contribution in [3.8, 4) is 5.75 Å². The Morgan fingerprint density at radius 2 is 2.00 bits per heavy atom. The number of ether oxygens (including phenoxy) is 1. The zero-order valence-corrected chi connectivity index (χ0v) is 15.3. The van der Waals surface area contributed by atoms with E-state index in [1.807, 2.05) is 24.3 Å². The average molecular weight is 381 g/mol. The van der Waals surface area contributed by atoms with E-state index in [9.17, 15) is 14.4 Å². The van der Waals surface area contributed by atoms with Crippen molar-refractivity contribution in [1.29, 1.82) is 0 Å². The number of halogens is 1. The lowest BCUT2D eigenvalue weighted by Gasteiger charge is -2.37. The molecule has 0 aliphatic carbocycles. The van der Waals surface area contributed by atoms with Gasteiger partial charge in [0.05, 0.1) is 13.2 Å². The third-order valence-electron chi connectivity index (χ3n) is 4.34. The maximum Gasteiger partial charge on any atom is 0.328 e. The number of aromatic nitrogens is 2. The van der Waals surface area contributed by atoms with E-state index >= 15 is 0 Å². The summed E-state index contributed by atoms with van der Waals surface area (Å²) >= 11 is 0. The van der Waals surface area contributed by atoms with Crippen LogP contribution in [0.1, 0.15) is 22.0 Å². The Morgan fingerprint density at radius 1 is 1.27 bits per heavy atom. The molecule has 1 aromatic carbocycles. The lowest BCUT2D eigenvalue weighted by atomic mass is 10.0. The standard InChI is InChI=1S/C17H20N4O4.ClH/c1-20-10-12(15(22)19-17(20)24)16(23)21-8-7-18-9-13(21)11-5-3-4-6-14(11)25-2;/h3-6,10,13,18H,7-9H2,1-2H3,(H,19,22,24);1H. The molecule has 0 spiro atoms. The van der Waals surface area contributed by atoms with Crippen molar-refractivity contribution in [1.82, 2.24) is 19.8 Å². The molecule has 140 valence electrons. The molecule has 1 atom stereocenters. The number of carbonyl (C=O) groups is 1. The molecule has 2 aromatic rings. The lowest BCUT2D eigenvalue weighted by Crippen LogP contribution is -2.50. The summed E-state index contributed by atoms with van der Waals surface area (Å²) in [6, 6.07) is 7.22. The van der Waals surface area contributed by atoms with E-state index in [-0.39, 0.29) is 24.0 Å². The molecule has 1 amide bonds. The number of aromatic amines is 1. The summed E-state index contributed by atoms with van der Waals surface area (Å²) in [5, 5.41) is 3.27. The predicted molar refractivity (Wildman–Crippen MR) is 99.2 cm³/mol. The summed E-state index contributed by atoms with van der Waals surface area (Å²) < 4.78 is 6.60. The third kappa shape index (κ3) is 3.66. The van der Waals surface area contributed by atoms with Gasteiger partial charge in [-0.3, -0.25) is 14.6 Å². The average Bonchev–Trinajstić information content (AvgIpc) is 2.64. The zero-order chi connectivity index (χ0) is 18.0. The van der Waals surface area contributed by atoms with E-state index in [1.54, 1.807) is 12.0 Å². The van der Waals surface area contributed by atoms with Gasteiger partial charge in [-0.25, -0.2) is 4.79 Å². The molecular weight excluding hydrogens is 360 g/mol. The third-order valence-corrected chi connectivity index (χ3v) is 4.34. The van der Waals surface area contributed by atoms with Crippen LogP contribution in [-0.2, 0) is 7.05 Å². The van der Waals surface area contributed by atoms with Crippen molar-refractivity contribution in [2.75, 3.05) is 26.7 Å². The first-order valence-corrected chi connectivity index (χ1v) is 7.97. The van der Waals surface area contributed by atoms with Crippen molar-refractivity contribution in [2.45, 2.75) is 6.04 Å². The highest BCUT2D eigenvalue weighted by Gasteiger charge is 2.31. The maximum atomic E-state index is 13.0. The number of nitrogens with zero attached hydrogens (tertiary/aromatic N) is 2. The van der Waals surface area contributed by atoms with Gasteiger partial charge in [-0.05, 0) is 6.07 Å². The molecule has 26 heavy (non-hydrogen) atoms. The number of methoxy groups -OCH3 is 1. The highest BCUT2D eigenvalue weighted by molar-refractivity contribution is 5.94. The number of para-hydroxylation sites is 1. The summed E-state index contributed by atoms with van der Waals surface area (Å²) in [4.78, 5) is 40.4. The summed E-state index contributed by atoms with van der Waals surface area (Å²) in [6.45, 7) is 1.63. The van der Waals surface area contributed by atoms with Gasteiger partial charge in [0.15, 0.2) is 0 Å². The molecule has 1 saturated heterocycles. The molecule has 8 nitrogen and oxygen atoms in total. The van der Waals surface area contributed by atoms with Crippen molar-refractivity contribution >= 4 is 18.3 Å². The van der Waals surface area contributed by atoms with E-state index in [0.717, 1.165) is 5.56 Å². The highest BCUT2D eigenvalue weighted by atomic mass is 35.5. The molecule has 1 fully saturated rings. The number of carbonyl (C=O) groups excluding carboxylic acids is 1. The second-order valence-corrected chi connectivity index (χ2v) is 5.87. The number of amides is 1. The fourth-order valence-electron chi connectivity index (χ4n) is 3.04. The van der Waals surface area contributed by atoms with Crippen LogP contribution in [0, 0.1) is 0 Å². The Bertz CT molecular complexity index is 908. The fraction of sp³-hybridized carbons (Fsp3) is 0.353. The van der Waals surface area contributed by atoms with Crippen molar-refractivity contribution in [3.05, 3.63) is 62.4 Å². The van der Waals surface area contributed by atoms with E-state index in [2.05, 4.69) is 10.3 Å². The molecule has 9 heteroatoms. The molecule has 2 N–H and O–H groups in total.